The second-order valence-corrected chi connectivity index (χ2v) is 12.1. The highest BCUT2D eigenvalue weighted by atomic mass is 19.1. The van der Waals surface area contributed by atoms with Crippen LogP contribution in [0.4, 0.5) is 13.2 Å². The number of piperidine rings is 1. The number of carbonyl (C=O) groups excluding carboxylic acids is 1. The van der Waals surface area contributed by atoms with Gasteiger partial charge in [-0.15, -0.1) is 0 Å². The average Bonchev–Trinajstić information content (AvgIpc) is 3.45. The molecule has 4 aromatic carbocycles. The van der Waals surface area contributed by atoms with Crippen LogP contribution in [-0.2, 0) is 0 Å². The number of aromatic nitrogens is 2. The Morgan fingerprint density at radius 3 is 1.96 bits per heavy atom. The minimum atomic E-state index is -0.318. The fraction of sp³-hybridized carbons (Fsp3) is 0.316. The molecule has 0 N–H and O–H groups in total. The van der Waals surface area contributed by atoms with Crippen LogP contribution in [0.2, 0.25) is 0 Å². The third-order valence-corrected chi connectivity index (χ3v) is 9.13. The number of hydrogen-bond donors (Lipinski definition) is 0. The molecule has 1 aliphatic heterocycles. The molecule has 0 saturated carbocycles. The Morgan fingerprint density at radius 2 is 1.33 bits per heavy atom. The quantitative estimate of drug-likeness (QED) is 0.132. The number of para-hydroxylation sites is 2. The fourth-order valence-corrected chi connectivity index (χ4v) is 6.66. The molecule has 0 radical (unpaired) electrons. The van der Waals surface area contributed by atoms with Gasteiger partial charge in [0.25, 0.3) is 0 Å². The van der Waals surface area contributed by atoms with Crippen molar-refractivity contribution in [3.8, 4) is 5.69 Å². The third kappa shape index (κ3) is 7.54. The van der Waals surface area contributed by atoms with Crippen LogP contribution in [-0.4, -0.2) is 39.9 Å². The Labute approximate surface area is 262 Å². The molecule has 2 heterocycles. The molecule has 1 fully saturated rings. The van der Waals surface area contributed by atoms with E-state index in [1.165, 1.54) is 36.4 Å². The largest absolute Gasteiger partial charge is 0.303 e. The third-order valence-electron chi connectivity index (χ3n) is 9.13. The first-order valence-corrected chi connectivity index (χ1v) is 15.9. The van der Waals surface area contributed by atoms with Crippen LogP contribution in [0.1, 0.15) is 72.6 Å². The molecule has 1 saturated heterocycles. The first-order chi connectivity index (χ1) is 21.9. The lowest BCUT2D eigenvalue weighted by atomic mass is 9.87. The van der Waals surface area contributed by atoms with Crippen LogP contribution >= 0.6 is 0 Å². The standard InChI is InChI=1S/C38H38F3N3O/c39-30-14-10-28(11-15-30)34(29-12-16-31(40)17-13-29)6-4-24-43-25-22-27(23-26-43)5-3-9-37(45)38-42-35-7-1-2-8-36(35)44(38)33-20-18-32(41)19-21-33/h1-2,7-8,10-21,27,34H,3-6,9,22-26H2. The molecular weight excluding hydrogens is 571 g/mol. The van der Waals surface area contributed by atoms with Crippen LogP contribution in [0.5, 0.6) is 0 Å². The summed E-state index contributed by atoms with van der Waals surface area (Å²) in [5.74, 6) is 0.263. The predicted octanol–water partition coefficient (Wildman–Crippen LogP) is 9.12. The summed E-state index contributed by atoms with van der Waals surface area (Å²) in [6.07, 6.45) is 6.37. The number of ketones is 1. The van der Waals surface area contributed by atoms with Crippen LogP contribution in [0.15, 0.2) is 97.1 Å². The SMILES string of the molecule is O=C(CCCC1CCN(CCCC(c2ccc(F)cc2)c2ccc(F)cc2)CC1)c1nc2ccccc2n1-c1ccc(F)cc1. The van der Waals surface area contributed by atoms with E-state index in [0.717, 1.165) is 86.0 Å². The molecule has 0 amide bonds. The van der Waals surface area contributed by atoms with E-state index in [9.17, 15) is 18.0 Å². The summed E-state index contributed by atoms with van der Waals surface area (Å²) >= 11 is 0. The number of Topliss-reactive ketones (excluding diaryl/α,β-unsaturated/α-hetero) is 1. The summed E-state index contributed by atoms with van der Waals surface area (Å²) in [5, 5.41) is 0. The van der Waals surface area contributed by atoms with E-state index in [-0.39, 0.29) is 29.2 Å². The molecule has 4 nitrogen and oxygen atoms in total. The number of halogens is 3. The summed E-state index contributed by atoms with van der Waals surface area (Å²) in [4.78, 5) is 20.5. The number of benzene rings is 4. The minimum absolute atomic E-state index is 0.00447. The second kappa shape index (κ2) is 14.2. The number of nitrogens with zero attached hydrogens (tertiary/aromatic N) is 3. The van der Waals surface area contributed by atoms with E-state index in [0.29, 0.717) is 18.2 Å². The molecule has 0 spiro atoms. The van der Waals surface area contributed by atoms with Crippen molar-refractivity contribution < 1.29 is 18.0 Å². The van der Waals surface area contributed by atoms with E-state index in [1.54, 1.807) is 12.1 Å². The first kappa shape index (κ1) is 30.8. The normalized spacial score (nSPS) is 14.4. The van der Waals surface area contributed by atoms with Gasteiger partial charge in [0.2, 0.25) is 0 Å². The van der Waals surface area contributed by atoms with E-state index < -0.39 is 0 Å². The van der Waals surface area contributed by atoms with Crippen LogP contribution < -0.4 is 0 Å². The summed E-state index contributed by atoms with van der Waals surface area (Å²) in [5.41, 5.74) is 4.40. The highest BCUT2D eigenvalue weighted by molar-refractivity contribution is 5.97. The summed E-state index contributed by atoms with van der Waals surface area (Å²) in [7, 11) is 0. The van der Waals surface area contributed by atoms with Crippen molar-refractivity contribution in [3.63, 3.8) is 0 Å². The Bertz CT molecular complexity index is 1660. The molecule has 5 aromatic rings. The minimum Gasteiger partial charge on any atom is -0.303 e. The lowest BCUT2D eigenvalue weighted by molar-refractivity contribution is 0.0963. The van der Waals surface area contributed by atoms with E-state index in [2.05, 4.69) is 9.88 Å². The lowest BCUT2D eigenvalue weighted by Gasteiger charge is -2.32. The van der Waals surface area contributed by atoms with Gasteiger partial charge in [-0.25, -0.2) is 18.2 Å². The number of fused-ring (bicyclic) bond motifs is 1. The lowest BCUT2D eigenvalue weighted by Crippen LogP contribution is -2.34. The van der Waals surface area contributed by atoms with Crippen molar-refractivity contribution in [2.75, 3.05) is 19.6 Å². The molecule has 0 atom stereocenters. The van der Waals surface area contributed by atoms with Crippen LogP contribution in [0.3, 0.4) is 0 Å². The van der Waals surface area contributed by atoms with Gasteiger partial charge >= 0.3 is 0 Å². The van der Waals surface area contributed by atoms with E-state index in [4.69, 9.17) is 0 Å². The van der Waals surface area contributed by atoms with Crippen molar-refractivity contribution in [1.82, 2.24) is 14.5 Å². The maximum Gasteiger partial charge on any atom is 0.198 e. The summed E-state index contributed by atoms with van der Waals surface area (Å²) in [6, 6.07) is 27.1. The summed E-state index contributed by atoms with van der Waals surface area (Å²) in [6.45, 7) is 3.07. The second-order valence-electron chi connectivity index (χ2n) is 12.1. The number of hydrogen-bond acceptors (Lipinski definition) is 3. The Kier molecular flexibility index (Phi) is 9.75. The smallest absolute Gasteiger partial charge is 0.198 e. The molecule has 45 heavy (non-hydrogen) atoms. The average molecular weight is 610 g/mol. The van der Waals surface area contributed by atoms with Crippen molar-refractivity contribution in [1.29, 1.82) is 0 Å². The Hall–Kier alpha value is -4.23. The Balaban J connectivity index is 0.986. The number of carbonyl (C=O) groups is 1. The van der Waals surface area contributed by atoms with E-state index >= 15 is 0 Å². The zero-order valence-electron chi connectivity index (χ0n) is 25.3. The molecule has 7 heteroatoms. The predicted molar refractivity (Wildman–Crippen MR) is 172 cm³/mol. The van der Waals surface area contributed by atoms with Gasteiger partial charge in [0.05, 0.1) is 11.0 Å². The van der Waals surface area contributed by atoms with Gasteiger partial charge in [-0.05, 0) is 136 Å². The first-order valence-electron chi connectivity index (χ1n) is 15.9. The molecule has 6 rings (SSSR count). The molecule has 232 valence electrons. The maximum absolute atomic E-state index is 13.6. The Morgan fingerprint density at radius 1 is 0.756 bits per heavy atom. The molecule has 0 bridgehead atoms. The van der Waals surface area contributed by atoms with E-state index in [1.807, 2.05) is 53.1 Å². The highest BCUT2D eigenvalue weighted by Crippen LogP contribution is 2.31. The molecule has 0 unspecified atom stereocenters. The van der Waals surface area contributed by atoms with Gasteiger partial charge in [0, 0.05) is 18.0 Å². The van der Waals surface area contributed by atoms with Crippen molar-refractivity contribution in [2.45, 2.75) is 50.9 Å². The fourth-order valence-electron chi connectivity index (χ4n) is 6.66. The van der Waals surface area contributed by atoms with Crippen molar-refractivity contribution >= 4 is 16.8 Å². The van der Waals surface area contributed by atoms with Gasteiger partial charge in [-0.1, -0.05) is 36.4 Å². The monoisotopic (exact) mass is 609 g/mol. The van der Waals surface area contributed by atoms with Gasteiger partial charge < -0.3 is 4.90 Å². The van der Waals surface area contributed by atoms with Crippen LogP contribution in [0, 0.1) is 23.4 Å². The number of imidazole rings is 1. The van der Waals surface area contributed by atoms with Crippen molar-refractivity contribution in [2.24, 2.45) is 5.92 Å². The topological polar surface area (TPSA) is 38.1 Å². The number of rotatable bonds is 12. The van der Waals surface area contributed by atoms with Gasteiger partial charge in [-0.3, -0.25) is 9.36 Å². The van der Waals surface area contributed by atoms with Crippen molar-refractivity contribution in [3.05, 3.63) is 131 Å². The molecule has 1 aliphatic rings. The zero-order chi connectivity index (χ0) is 31.2. The summed E-state index contributed by atoms with van der Waals surface area (Å²) < 4.78 is 42.6. The van der Waals surface area contributed by atoms with Gasteiger partial charge in [0.1, 0.15) is 17.5 Å². The zero-order valence-corrected chi connectivity index (χ0v) is 25.3. The molecule has 0 aliphatic carbocycles. The molecule has 1 aromatic heterocycles. The number of likely N-dealkylation sites (tertiary alicyclic amines) is 1. The van der Waals surface area contributed by atoms with Gasteiger partial charge in [0.15, 0.2) is 11.6 Å². The van der Waals surface area contributed by atoms with Crippen LogP contribution in [0.25, 0.3) is 16.7 Å². The van der Waals surface area contributed by atoms with Gasteiger partial charge in [-0.2, -0.15) is 0 Å². The highest BCUT2D eigenvalue weighted by Gasteiger charge is 2.22. The molecular formula is C38H38F3N3O. The maximum atomic E-state index is 13.6.